The van der Waals surface area contributed by atoms with Gasteiger partial charge in [0.1, 0.15) is 0 Å². The predicted molar refractivity (Wildman–Crippen MR) is 137 cm³/mol. The Balaban J connectivity index is 1.70. The van der Waals surface area contributed by atoms with Crippen LogP contribution in [-0.2, 0) is 0 Å². The van der Waals surface area contributed by atoms with E-state index in [1.807, 2.05) is 0 Å². The monoisotopic (exact) mass is 444 g/mol. The second-order valence-corrected chi connectivity index (χ2v) is 15.0. The molecule has 0 saturated heterocycles. The molecular formula is C31H56O. The Morgan fingerprint density at radius 2 is 1.22 bits per heavy atom. The van der Waals surface area contributed by atoms with Crippen LogP contribution in [0.4, 0.5) is 0 Å². The summed E-state index contributed by atoms with van der Waals surface area (Å²) < 4.78 is 0. The Morgan fingerprint density at radius 3 is 1.69 bits per heavy atom. The topological polar surface area (TPSA) is 20.2 Å². The molecule has 0 aliphatic heterocycles. The molecule has 0 aromatic carbocycles. The molecule has 9 atom stereocenters. The fourth-order valence-electron chi connectivity index (χ4n) is 10.4. The van der Waals surface area contributed by atoms with Gasteiger partial charge >= 0.3 is 0 Å². The highest BCUT2D eigenvalue weighted by Gasteiger charge is 2.58. The second kappa shape index (κ2) is 9.20. The van der Waals surface area contributed by atoms with Crippen molar-refractivity contribution in [2.75, 3.05) is 0 Å². The molecule has 9 unspecified atom stereocenters. The van der Waals surface area contributed by atoms with Gasteiger partial charge in [-0.2, -0.15) is 0 Å². The lowest BCUT2D eigenvalue weighted by Crippen LogP contribution is -2.47. The number of rotatable bonds is 3. The molecule has 1 N–H and O–H groups in total. The minimum Gasteiger partial charge on any atom is -0.393 e. The average molecular weight is 445 g/mol. The van der Waals surface area contributed by atoms with Crippen LogP contribution in [0, 0.1) is 70.0 Å². The van der Waals surface area contributed by atoms with E-state index in [4.69, 9.17) is 0 Å². The molecule has 1 nitrogen and oxygen atoms in total. The fraction of sp³-hybridized carbons (Fsp3) is 1.00. The Bertz CT molecular complexity index is 597. The molecule has 186 valence electrons. The van der Waals surface area contributed by atoms with Crippen molar-refractivity contribution in [2.24, 2.45) is 70.0 Å². The van der Waals surface area contributed by atoms with Gasteiger partial charge in [-0.25, -0.2) is 0 Å². The highest BCUT2D eigenvalue weighted by Crippen LogP contribution is 2.65. The summed E-state index contributed by atoms with van der Waals surface area (Å²) in [4.78, 5) is 0. The summed E-state index contributed by atoms with van der Waals surface area (Å²) in [5.74, 6) is 8.63. The maximum Gasteiger partial charge on any atom is 0.0543 e. The van der Waals surface area contributed by atoms with E-state index in [1.165, 1.54) is 64.2 Å². The maximum atomic E-state index is 10.8. The third-order valence-corrected chi connectivity index (χ3v) is 11.4. The summed E-state index contributed by atoms with van der Waals surface area (Å²) in [5.41, 5.74) is 0.809. The van der Waals surface area contributed by atoms with E-state index in [2.05, 4.69) is 55.4 Å². The zero-order chi connectivity index (χ0) is 23.4. The largest absolute Gasteiger partial charge is 0.393 e. The van der Waals surface area contributed by atoms with E-state index < -0.39 is 0 Å². The van der Waals surface area contributed by atoms with Crippen LogP contribution in [0.25, 0.3) is 0 Å². The number of aliphatic hydroxyl groups is 1. The molecule has 0 spiro atoms. The molecule has 4 aliphatic carbocycles. The summed E-state index contributed by atoms with van der Waals surface area (Å²) in [5, 5.41) is 10.8. The van der Waals surface area contributed by atoms with Crippen LogP contribution in [0.2, 0.25) is 0 Å². The SMILES string of the molecule is CCC1C(C(C)(C)C)CC(C2C3CCCCC3C3C(C(C)O)CCCC23)CC1C(C)(C)C. The van der Waals surface area contributed by atoms with Gasteiger partial charge in [0, 0.05) is 0 Å². The molecule has 0 radical (unpaired) electrons. The number of hydrogen-bond donors (Lipinski definition) is 1. The first kappa shape index (κ1) is 25.1. The van der Waals surface area contributed by atoms with Crippen LogP contribution >= 0.6 is 0 Å². The van der Waals surface area contributed by atoms with Crippen molar-refractivity contribution in [1.82, 2.24) is 0 Å². The smallest absolute Gasteiger partial charge is 0.0543 e. The van der Waals surface area contributed by atoms with Crippen molar-refractivity contribution in [3.8, 4) is 0 Å². The van der Waals surface area contributed by atoms with Crippen molar-refractivity contribution in [2.45, 2.75) is 126 Å². The summed E-state index contributed by atoms with van der Waals surface area (Å²) in [6, 6.07) is 0. The van der Waals surface area contributed by atoms with Crippen molar-refractivity contribution in [1.29, 1.82) is 0 Å². The van der Waals surface area contributed by atoms with Gasteiger partial charge in [0.25, 0.3) is 0 Å². The third kappa shape index (κ3) is 4.47. The molecular weight excluding hydrogens is 388 g/mol. The van der Waals surface area contributed by atoms with E-state index in [0.29, 0.717) is 16.7 Å². The van der Waals surface area contributed by atoms with Crippen LogP contribution in [0.15, 0.2) is 0 Å². The first-order valence-electron chi connectivity index (χ1n) is 14.6. The standard InChI is InChI=1S/C31H56O/c1-9-21-26(30(3,4)5)17-20(18-27(21)31(6,7)8)28-23-13-10-11-14-24(23)29-22(19(2)32)15-12-16-25(28)29/h19-29,32H,9-18H2,1-8H3. The molecule has 4 aliphatic rings. The van der Waals surface area contributed by atoms with Gasteiger partial charge < -0.3 is 5.11 Å². The first-order chi connectivity index (χ1) is 14.9. The van der Waals surface area contributed by atoms with Gasteiger partial charge in [-0.05, 0) is 115 Å². The van der Waals surface area contributed by atoms with Crippen molar-refractivity contribution in [3.63, 3.8) is 0 Å². The molecule has 4 rings (SSSR count). The number of fused-ring (bicyclic) bond motifs is 3. The quantitative estimate of drug-likeness (QED) is 0.462. The van der Waals surface area contributed by atoms with E-state index in [-0.39, 0.29) is 6.10 Å². The molecule has 32 heavy (non-hydrogen) atoms. The fourth-order valence-corrected chi connectivity index (χ4v) is 10.4. The number of hydrogen-bond acceptors (Lipinski definition) is 1. The molecule has 0 aromatic rings. The Morgan fingerprint density at radius 1 is 0.719 bits per heavy atom. The van der Waals surface area contributed by atoms with Crippen LogP contribution in [0.1, 0.15) is 120 Å². The lowest BCUT2D eigenvalue weighted by Gasteiger charge is -2.54. The third-order valence-electron chi connectivity index (χ3n) is 11.4. The normalized spacial score (nSPS) is 46.4. The van der Waals surface area contributed by atoms with E-state index in [1.54, 1.807) is 0 Å². The molecule has 0 aromatic heterocycles. The van der Waals surface area contributed by atoms with Gasteiger partial charge in [-0.3, -0.25) is 0 Å². The van der Waals surface area contributed by atoms with Gasteiger partial charge in [0.2, 0.25) is 0 Å². The van der Waals surface area contributed by atoms with Crippen LogP contribution in [0.5, 0.6) is 0 Å². The minimum absolute atomic E-state index is 0.107. The zero-order valence-corrected chi connectivity index (χ0v) is 22.9. The molecule has 0 amide bonds. The zero-order valence-electron chi connectivity index (χ0n) is 22.9. The Kier molecular flexibility index (Phi) is 7.21. The summed E-state index contributed by atoms with van der Waals surface area (Å²) in [7, 11) is 0. The summed E-state index contributed by atoms with van der Waals surface area (Å²) in [6.07, 6.45) is 14.2. The van der Waals surface area contributed by atoms with Gasteiger partial charge in [-0.1, -0.05) is 74.1 Å². The maximum absolute atomic E-state index is 10.8. The van der Waals surface area contributed by atoms with Crippen molar-refractivity contribution >= 4 is 0 Å². The summed E-state index contributed by atoms with van der Waals surface area (Å²) in [6.45, 7) is 19.8. The molecule has 4 saturated carbocycles. The van der Waals surface area contributed by atoms with Crippen molar-refractivity contribution < 1.29 is 5.11 Å². The summed E-state index contributed by atoms with van der Waals surface area (Å²) >= 11 is 0. The Hall–Kier alpha value is -0.0400. The van der Waals surface area contributed by atoms with E-state index in [0.717, 1.165) is 53.3 Å². The average Bonchev–Trinajstić information content (AvgIpc) is 3.05. The predicted octanol–water partition coefficient (Wildman–Crippen LogP) is 8.60. The van der Waals surface area contributed by atoms with Crippen molar-refractivity contribution in [3.05, 3.63) is 0 Å². The molecule has 4 fully saturated rings. The lowest BCUT2D eigenvalue weighted by molar-refractivity contribution is -0.0517. The first-order valence-corrected chi connectivity index (χ1v) is 14.6. The van der Waals surface area contributed by atoms with Gasteiger partial charge in [-0.15, -0.1) is 0 Å². The van der Waals surface area contributed by atoms with E-state index in [9.17, 15) is 5.11 Å². The van der Waals surface area contributed by atoms with Crippen LogP contribution in [-0.4, -0.2) is 11.2 Å². The Labute approximate surface area is 200 Å². The van der Waals surface area contributed by atoms with Gasteiger partial charge in [0.05, 0.1) is 6.10 Å². The highest BCUT2D eigenvalue weighted by molar-refractivity contribution is 5.07. The molecule has 0 heterocycles. The van der Waals surface area contributed by atoms with Crippen LogP contribution < -0.4 is 0 Å². The second-order valence-electron chi connectivity index (χ2n) is 15.0. The minimum atomic E-state index is -0.107. The number of aliphatic hydroxyl groups excluding tert-OH is 1. The highest BCUT2D eigenvalue weighted by atomic mass is 16.3. The molecule has 0 bridgehead atoms. The van der Waals surface area contributed by atoms with E-state index >= 15 is 0 Å². The van der Waals surface area contributed by atoms with Gasteiger partial charge in [0.15, 0.2) is 0 Å². The van der Waals surface area contributed by atoms with Crippen LogP contribution in [0.3, 0.4) is 0 Å². The lowest BCUT2D eigenvalue weighted by atomic mass is 9.51. The molecule has 1 heteroatoms.